The molecule has 4 nitrogen and oxygen atoms in total. The minimum absolute atomic E-state index is 0.613. The second-order valence-corrected chi connectivity index (χ2v) is 7.36. The predicted molar refractivity (Wildman–Crippen MR) is 81.5 cm³/mol. The van der Waals surface area contributed by atoms with Gasteiger partial charge >= 0.3 is 10.2 Å². The standard InChI is InChI=1S/C13H19BrN2O2S/c1-11-12(14)7-6-8-13(11)15-19(17,18)16-9-4-2-3-5-10-16/h6-8,15H,2-5,9-10H2,1H3. The van der Waals surface area contributed by atoms with Gasteiger partial charge in [-0.15, -0.1) is 0 Å². The molecular formula is C13H19BrN2O2S. The summed E-state index contributed by atoms with van der Waals surface area (Å²) < 4.78 is 29.9. The highest BCUT2D eigenvalue weighted by molar-refractivity contribution is 9.10. The molecule has 0 aromatic heterocycles. The third kappa shape index (κ3) is 3.70. The fraction of sp³-hybridized carbons (Fsp3) is 0.538. The Hall–Kier alpha value is -0.590. The Labute approximate surface area is 123 Å². The molecule has 6 heteroatoms. The molecule has 0 unspecified atom stereocenters. The largest absolute Gasteiger partial charge is 0.301 e. The molecule has 0 saturated carbocycles. The lowest BCUT2D eigenvalue weighted by atomic mass is 10.2. The van der Waals surface area contributed by atoms with Crippen molar-refractivity contribution < 1.29 is 8.42 Å². The summed E-state index contributed by atoms with van der Waals surface area (Å²) in [5.74, 6) is 0. The maximum atomic E-state index is 12.4. The monoisotopic (exact) mass is 346 g/mol. The SMILES string of the molecule is Cc1c(Br)cccc1NS(=O)(=O)N1CCCCCC1. The summed E-state index contributed by atoms with van der Waals surface area (Å²) in [4.78, 5) is 0. The second kappa shape index (κ2) is 6.24. The van der Waals surface area contributed by atoms with Crippen molar-refractivity contribution in [1.82, 2.24) is 4.31 Å². The van der Waals surface area contributed by atoms with Gasteiger partial charge in [-0.3, -0.25) is 4.72 Å². The van der Waals surface area contributed by atoms with E-state index in [9.17, 15) is 8.42 Å². The first kappa shape index (κ1) is 14.8. The Morgan fingerprint density at radius 1 is 1.16 bits per heavy atom. The van der Waals surface area contributed by atoms with Crippen molar-refractivity contribution in [2.45, 2.75) is 32.6 Å². The van der Waals surface area contributed by atoms with Crippen LogP contribution in [0.25, 0.3) is 0 Å². The van der Waals surface area contributed by atoms with E-state index >= 15 is 0 Å². The molecule has 0 bridgehead atoms. The highest BCUT2D eigenvalue weighted by atomic mass is 79.9. The van der Waals surface area contributed by atoms with Crippen molar-refractivity contribution in [2.24, 2.45) is 0 Å². The fourth-order valence-corrected chi connectivity index (χ4v) is 3.94. The van der Waals surface area contributed by atoms with Gasteiger partial charge in [-0.05, 0) is 37.5 Å². The zero-order valence-electron chi connectivity index (χ0n) is 11.0. The van der Waals surface area contributed by atoms with Gasteiger partial charge in [0.25, 0.3) is 0 Å². The Bertz CT molecular complexity index is 538. The lowest BCUT2D eigenvalue weighted by molar-refractivity contribution is 0.427. The number of hydrogen-bond donors (Lipinski definition) is 1. The molecule has 1 N–H and O–H groups in total. The lowest BCUT2D eigenvalue weighted by Crippen LogP contribution is -2.36. The van der Waals surface area contributed by atoms with Gasteiger partial charge in [0.1, 0.15) is 0 Å². The molecule has 1 saturated heterocycles. The summed E-state index contributed by atoms with van der Waals surface area (Å²) in [7, 11) is -3.44. The summed E-state index contributed by atoms with van der Waals surface area (Å²) >= 11 is 3.41. The summed E-state index contributed by atoms with van der Waals surface area (Å²) in [5.41, 5.74) is 1.54. The van der Waals surface area contributed by atoms with Crippen LogP contribution in [0.4, 0.5) is 5.69 Å². The molecule has 1 aliphatic heterocycles. The number of nitrogens with zero attached hydrogens (tertiary/aromatic N) is 1. The first-order valence-electron chi connectivity index (χ1n) is 6.54. The minimum Gasteiger partial charge on any atom is -0.271 e. The summed E-state index contributed by atoms with van der Waals surface area (Å²) in [5, 5.41) is 0. The molecule has 1 aliphatic rings. The highest BCUT2D eigenvalue weighted by Crippen LogP contribution is 2.25. The average molecular weight is 347 g/mol. The van der Waals surface area contributed by atoms with Crippen LogP contribution in [-0.4, -0.2) is 25.8 Å². The van der Waals surface area contributed by atoms with Gasteiger partial charge in [0, 0.05) is 17.6 Å². The van der Waals surface area contributed by atoms with E-state index in [0.717, 1.165) is 35.7 Å². The van der Waals surface area contributed by atoms with Gasteiger partial charge in [-0.2, -0.15) is 12.7 Å². The molecule has 106 valence electrons. The number of anilines is 1. The molecule has 1 aromatic rings. The third-order valence-electron chi connectivity index (χ3n) is 3.41. The van der Waals surface area contributed by atoms with Gasteiger partial charge in [-0.1, -0.05) is 34.8 Å². The maximum absolute atomic E-state index is 12.4. The number of benzene rings is 1. The van der Waals surface area contributed by atoms with E-state index in [4.69, 9.17) is 0 Å². The number of rotatable bonds is 3. The van der Waals surface area contributed by atoms with Crippen molar-refractivity contribution in [3.8, 4) is 0 Å². The molecule has 1 heterocycles. The van der Waals surface area contributed by atoms with Gasteiger partial charge in [0.2, 0.25) is 0 Å². The first-order valence-corrected chi connectivity index (χ1v) is 8.77. The third-order valence-corrected chi connectivity index (χ3v) is 5.79. The smallest absolute Gasteiger partial charge is 0.271 e. The molecule has 0 atom stereocenters. The maximum Gasteiger partial charge on any atom is 0.301 e. The molecule has 0 spiro atoms. The molecule has 0 amide bonds. The van der Waals surface area contributed by atoms with Gasteiger partial charge in [0.05, 0.1) is 5.69 Å². The molecule has 2 rings (SSSR count). The normalized spacial score (nSPS) is 18.0. The van der Waals surface area contributed by atoms with Crippen LogP contribution >= 0.6 is 15.9 Å². The van der Waals surface area contributed by atoms with Crippen LogP contribution in [0, 0.1) is 6.92 Å². The van der Waals surface area contributed by atoms with Crippen LogP contribution in [0.5, 0.6) is 0 Å². The van der Waals surface area contributed by atoms with E-state index in [0.29, 0.717) is 18.8 Å². The van der Waals surface area contributed by atoms with Crippen LogP contribution in [0.3, 0.4) is 0 Å². The zero-order valence-corrected chi connectivity index (χ0v) is 13.4. The molecule has 0 radical (unpaired) electrons. The lowest BCUT2D eigenvalue weighted by Gasteiger charge is -2.21. The van der Waals surface area contributed by atoms with Crippen LogP contribution in [-0.2, 0) is 10.2 Å². The van der Waals surface area contributed by atoms with E-state index in [1.165, 1.54) is 0 Å². The second-order valence-electron chi connectivity index (χ2n) is 4.83. The average Bonchev–Trinajstić information content (AvgIpc) is 2.64. The van der Waals surface area contributed by atoms with E-state index in [1.54, 1.807) is 10.4 Å². The molecule has 1 aromatic carbocycles. The highest BCUT2D eigenvalue weighted by Gasteiger charge is 2.23. The van der Waals surface area contributed by atoms with Gasteiger partial charge < -0.3 is 0 Å². The van der Waals surface area contributed by atoms with E-state index in [2.05, 4.69) is 20.7 Å². The Morgan fingerprint density at radius 3 is 2.42 bits per heavy atom. The Balaban J connectivity index is 2.18. The Kier molecular flexibility index (Phi) is 4.86. The minimum atomic E-state index is -3.44. The summed E-state index contributed by atoms with van der Waals surface area (Å²) in [6.07, 6.45) is 4.11. The predicted octanol–water partition coefficient (Wildman–Crippen LogP) is 3.29. The van der Waals surface area contributed by atoms with E-state index in [1.807, 2.05) is 19.1 Å². The van der Waals surface area contributed by atoms with Crippen LogP contribution in [0.1, 0.15) is 31.2 Å². The van der Waals surface area contributed by atoms with Crippen molar-refractivity contribution in [3.63, 3.8) is 0 Å². The van der Waals surface area contributed by atoms with E-state index in [-0.39, 0.29) is 0 Å². The van der Waals surface area contributed by atoms with Crippen LogP contribution < -0.4 is 4.72 Å². The van der Waals surface area contributed by atoms with Crippen molar-refractivity contribution in [1.29, 1.82) is 0 Å². The number of halogens is 1. The molecule has 19 heavy (non-hydrogen) atoms. The fourth-order valence-electron chi connectivity index (χ4n) is 2.20. The van der Waals surface area contributed by atoms with Crippen LogP contribution in [0.2, 0.25) is 0 Å². The summed E-state index contributed by atoms with van der Waals surface area (Å²) in [6, 6.07) is 5.52. The zero-order chi connectivity index (χ0) is 13.9. The first-order chi connectivity index (χ1) is 9.00. The van der Waals surface area contributed by atoms with Crippen molar-refractivity contribution >= 4 is 31.8 Å². The van der Waals surface area contributed by atoms with E-state index < -0.39 is 10.2 Å². The topological polar surface area (TPSA) is 49.4 Å². The van der Waals surface area contributed by atoms with Crippen molar-refractivity contribution in [3.05, 3.63) is 28.2 Å². The summed E-state index contributed by atoms with van der Waals surface area (Å²) in [6.45, 7) is 3.12. The quantitative estimate of drug-likeness (QED) is 0.912. The van der Waals surface area contributed by atoms with Crippen LogP contribution in [0.15, 0.2) is 22.7 Å². The van der Waals surface area contributed by atoms with Crippen molar-refractivity contribution in [2.75, 3.05) is 17.8 Å². The molecular weight excluding hydrogens is 328 g/mol. The number of hydrogen-bond acceptors (Lipinski definition) is 2. The van der Waals surface area contributed by atoms with Gasteiger partial charge in [-0.25, -0.2) is 0 Å². The molecule has 0 aliphatic carbocycles. The molecule has 1 fully saturated rings. The Morgan fingerprint density at radius 2 is 1.79 bits per heavy atom. The number of nitrogens with one attached hydrogen (secondary N) is 1. The van der Waals surface area contributed by atoms with Gasteiger partial charge in [0.15, 0.2) is 0 Å².